The van der Waals surface area contributed by atoms with Crippen LogP contribution in [0, 0.1) is 11.3 Å². The SMILES string of the molecule is CNCC(=O)Nc1ccc(C#N)cc1C(F)(F)F. The van der Waals surface area contributed by atoms with E-state index in [9.17, 15) is 18.0 Å². The fraction of sp³-hybridized carbons (Fsp3) is 0.273. The normalized spacial score (nSPS) is 10.8. The second-order valence-electron chi connectivity index (χ2n) is 3.45. The molecule has 7 heteroatoms. The highest BCUT2D eigenvalue weighted by Gasteiger charge is 2.34. The van der Waals surface area contributed by atoms with E-state index in [2.05, 4.69) is 10.6 Å². The summed E-state index contributed by atoms with van der Waals surface area (Å²) in [6, 6.07) is 4.60. The van der Waals surface area contributed by atoms with Crippen molar-refractivity contribution in [2.75, 3.05) is 18.9 Å². The molecule has 0 heterocycles. The van der Waals surface area contributed by atoms with Gasteiger partial charge >= 0.3 is 6.18 Å². The van der Waals surface area contributed by atoms with Crippen molar-refractivity contribution in [3.63, 3.8) is 0 Å². The van der Waals surface area contributed by atoms with Gasteiger partial charge in [-0.1, -0.05) is 0 Å². The molecule has 0 fully saturated rings. The van der Waals surface area contributed by atoms with Gasteiger partial charge in [0, 0.05) is 0 Å². The summed E-state index contributed by atoms with van der Waals surface area (Å²) < 4.78 is 38.2. The molecule has 18 heavy (non-hydrogen) atoms. The molecule has 0 aromatic heterocycles. The standard InChI is InChI=1S/C11H10F3N3O/c1-16-6-10(18)17-9-3-2-7(5-15)4-8(9)11(12,13)14/h2-4,16H,6H2,1H3,(H,17,18). The molecule has 0 aliphatic heterocycles. The van der Waals surface area contributed by atoms with Crippen LogP contribution in [0.5, 0.6) is 0 Å². The maximum Gasteiger partial charge on any atom is 0.418 e. The molecule has 0 aliphatic carbocycles. The fourth-order valence-electron chi connectivity index (χ4n) is 1.31. The monoisotopic (exact) mass is 257 g/mol. The van der Waals surface area contributed by atoms with Gasteiger partial charge in [-0.05, 0) is 25.2 Å². The predicted molar refractivity (Wildman–Crippen MR) is 58.7 cm³/mol. The zero-order chi connectivity index (χ0) is 13.8. The lowest BCUT2D eigenvalue weighted by Gasteiger charge is -2.13. The van der Waals surface area contributed by atoms with E-state index in [0.29, 0.717) is 6.07 Å². The molecule has 1 aromatic carbocycles. The minimum absolute atomic E-state index is 0.0999. The molecule has 1 rings (SSSR count). The Hall–Kier alpha value is -2.07. The number of amides is 1. The first kappa shape index (κ1) is 14.0. The Balaban J connectivity index is 3.12. The molecule has 1 aromatic rings. The lowest BCUT2D eigenvalue weighted by Crippen LogP contribution is -2.26. The van der Waals surface area contributed by atoms with Crippen LogP contribution in [-0.4, -0.2) is 19.5 Å². The van der Waals surface area contributed by atoms with E-state index in [0.717, 1.165) is 6.07 Å². The Labute approximate surface area is 101 Å². The maximum absolute atomic E-state index is 12.7. The van der Waals surface area contributed by atoms with Crippen LogP contribution in [0.4, 0.5) is 18.9 Å². The van der Waals surface area contributed by atoms with E-state index in [-0.39, 0.29) is 17.8 Å². The molecule has 0 bridgehead atoms. The van der Waals surface area contributed by atoms with Gasteiger partial charge < -0.3 is 10.6 Å². The molecule has 0 atom stereocenters. The van der Waals surface area contributed by atoms with Crippen molar-refractivity contribution >= 4 is 11.6 Å². The number of nitrogens with one attached hydrogen (secondary N) is 2. The molecule has 0 unspecified atom stereocenters. The number of carbonyl (C=O) groups is 1. The molecule has 96 valence electrons. The van der Waals surface area contributed by atoms with Gasteiger partial charge in [-0.2, -0.15) is 18.4 Å². The number of carbonyl (C=O) groups excluding carboxylic acids is 1. The van der Waals surface area contributed by atoms with E-state index in [1.807, 2.05) is 0 Å². The number of benzene rings is 1. The van der Waals surface area contributed by atoms with Gasteiger partial charge in [0.25, 0.3) is 0 Å². The third-order valence-corrected chi connectivity index (χ3v) is 2.07. The number of likely N-dealkylation sites (N-methyl/N-ethyl adjacent to an activating group) is 1. The summed E-state index contributed by atoms with van der Waals surface area (Å²) in [7, 11) is 1.50. The number of hydrogen-bond acceptors (Lipinski definition) is 3. The summed E-state index contributed by atoms with van der Waals surface area (Å²) >= 11 is 0. The molecule has 0 aliphatic rings. The van der Waals surface area contributed by atoms with Crippen LogP contribution in [0.2, 0.25) is 0 Å². The van der Waals surface area contributed by atoms with Crippen molar-refractivity contribution in [3.05, 3.63) is 29.3 Å². The quantitative estimate of drug-likeness (QED) is 0.866. The number of halogens is 3. The molecule has 0 radical (unpaired) electrons. The molecule has 0 saturated heterocycles. The van der Waals surface area contributed by atoms with E-state index in [4.69, 9.17) is 5.26 Å². The van der Waals surface area contributed by atoms with Gasteiger partial charge in [0.05, 0.1) is 29.4 Å². The summed E-state index contributed by atoms with van der Waals surface area (Å²) in [6.45, 7) is -0.0999. The second-order valence-corrected chi connectivity index (χ2v) is 3.45. The van der Waals surface area contributed by atoms with Gasteiger partial charge in [0.1, 0.15) is 0 Å². The predicted octanol–water partition coefficient (Wildman–Crippen LogP) is 1.73. The molecular formula is C11H10F3N3O. The van der Waals surface area contributed by atoms with Crippen LogP contribution in [0.1, 0.15) is 11.1 Å². The van der Waals surface area contributed by atoms with Crippen molar-refractivity contribution < 1.29 is 18.0 Å². The largest absolute Gasteiger partial charge is 0.418 e. The van der Waals surface area contributed by atoms with Crippen LogP contribution in [0.15, 0.2) is 18.2 Å². The summed E-state index contributed by atoms with van der Waals surface area (Å²) in [5, 5.41) is 13.2. The molecule has 4 nitrogen and oxygen atoms in total. The van der Waals surface area contributed by atoms with E-state index in [1.54, 1.807) is 6.07 Å². The van der Waals surface area contributed by atoms with Crippen molar-refractivity contribution in [2.45, 2.75) is 6.18 Å². The van der Waals surface area contributed by atoms with Gasteiger partial charge in [0.15, 0.2) is 0 Å². The minimum Gasteiger partial charge on any atom is -0.324 e. The van der Waals surface area contributed by atoms with Gasteiger partial charge in [-0.15, -0.1) is 0 Å². The number of nitriles is 1. The maximum atomic E-state index is 12.7. The molecule has 0 spiro atoms. The Morgan fingerprint density at radius 3 is 2.61 bits per heavy atom. The average Bonchev–Trinajstić information content (AvgIpc) is 2.28. The third kappa shape index (κ3) is 3.46. The highest BCUT2D eigenvalue weighted by molar-refractivity contribution is 5.93. The van der Waals surface area contributed by atoms with Gasteiger partial charge in [0.2, 0.25) is 5.91 Å². The van der Waals surface area contributed by atoms with E-state index < -0.39 is 17.6 Å². The number of anilines is 1. The van der Waals surface area contributed by atoms with Crippen LogP contribution < -0.4 is 10.6 Å². The zero-order valence-corrected chi connectivity index (χ0v) is 9.43. The lowest BCUT2D eigenvalue weighted by atomic mass is 10.1. The molecule has 1 amide bonds. The zero-order valence-electron chi connectivity index (χ0n) is 9.43. The van der Waals surface area contributed by atoms with Crippen LogP contribution in [0.3, 0.4) is 0 Å². The Kier molecular flexibility index (Phi) is 4.28. The smallest absolute Gasteiger partial charge is 0.324 e. The summed E-state index contributed by atoms with van der Waals surface area (Å²) in [5.74, 6) is -0.590. The summed E-state index contributed by atoms with van der Waals surface area (Å²) in [5.41, 5.74) is -1.51. The highest BCUT2D eigenvalue weighted by atomic mass is 19.4. The van der Waals surface area contributed by atoms with Crippen molar-refractivity contribution in [3.8, 4) is 6.07 Å². The third-order valence-electron chi connectivity index (χ3n) is 2.07. The first-order chi connectivity index (χ1) is 8.38. The molecule has 0 saturated carbocycles. The van der Waals surface area contributed by atoms with Gasteiger partial charge in [-0.3, -0.25) is 4.79 Å². The topological polar surface area (TPSA) is 64.9 Å². The first-order valence-electron chi connectivity index (χ1n) is 4.94. The number of nitrogens with zero attached hydrogens (tertiary/aromatic N) is 1. The fourth-order valence-corrected chi connectivity index (χ4v) is 1.31. The van der Waals surface area contributed by atoms with Crippen molar-refractivity contribution in [1.29, 1.82) is 5.26 Å². The molecule has 2 N–H and O–H groups in total. The summed E-state index contributed by atoms with van der Waals surface area (Å²) in [4.78, 5) is 11.2. The van der Waals surface area contributed by atoms with Crippen LogP contribution >= 0.6 is 0 Å². The van der Waals surface area contributed by atoms with Crippen LogP contribution in [-0.2, 0) is 11.0 Å². The summed E-state index contributed by atoms with van der Waals surface area (Å²) in [6.07, 6.45) is -4.63. The Morgan fingerprint density at radius 1 is 1.44 bits per heavy atom. The Bertz CT molecular complexity index is 491. The minimum atomic E-state index is -4.63. The second kappa shape index (κ2) is 5.51. The highest BCUT2D eigenvalue weighted by Crippen LogP contribution is 2.35. The van der Waals surface area contributed by atoms with Crippen LogP contribution in [0.25, 0.3) is 0 Å². The first-order valence-corrected chi connectivity index (χ1v) is 4.94. The Morgan fingerprint density at radius 2 is 2.11 bits per heavy atom. The van der Waals surface area contributed by atoms with Crippen molar-refractivity contribution in [2.24, 2.45) is 0 Å². The number of alkyl halides is 3. The van der Waals surface area contributed by atoms with Gasteiger partial charge in [-0.25, -0.2) is 0 Å². The number of rotatable bonds is 3. The molecular weight excluding hydrogens is 247 g/mol. The lowest BCUT2D eigenvalue weighted by molar-refractivity contribution is -0.137. The van der Waals surface area contributed by atoms with E-state index >= 15 is 0 Å². The number of hydrogen-bond donors (Lipinski definition) is 2. The van der Waals surface area contributed by atoms with Crippen molar-refractivity contribution in [1.82, 2.24) is 5.32 Å². The van der Waals surface area contributed by atoms with E-state index in [1.165, 1.54) is 13.1 Å². The average molecular weight is 257 g/mol.